The normalized spacial score (nSPS) is 15.8. The van der Waals surface area contributed by atoms with E-state index in [4.69, 9.17) is 17.3 Å². The Bertz CT molecular complexity index is 1280. The molecule has 0 radical (unpaired) electrons. The first-order valence-corrected chi connectivity index (χ1v) is 12.5. The minimum absolute atomic E-state index is 0.0650. The van der Waals surface area contributed by atoms with Gasteiger partial charge >= 0.3 is 5.97 Å². The molecule has 1 saturated heterocycles. The number of amides is 2. The maximum Gasteiger partial charge on any atom is 0.335 e. The quantitative estimate of drug-likeness (QED) is 0.395. The van der Waals surface area contributed by atoms with Gasteiger partial charge in [0.05, 0.1) is 5.56 Å². The summed E-state index contributed by atoms with van der Waals surface area (Å²) in [6, 6.07) is 16.8. The van der Waals surface area contributed by atoms with E-state index >= 15 is 0 Å². The third-order valence-electron chi connectivity index (χ3n) is 6.68. The Hall–Kier alpha value is -3.75. The van der Waals surface area contributed by atoms with E-state index in [9.17, 15) is 19.5 Å². The maximum atomic E-state index is 13.5. The summed E-state index contributed by atoms with van der Waals surface area (Å²) in [6.45, 7) is 1.07. The highest BCUT2D eigenvalue weighted by Gasteiger charge is 2.35. The van der Waals surface area contributed by atoms with Crippen molar-refractivity contribution < 1.29 is 19.5 Å². The average molecular weight is 521 g/mol. The summed E-state index contributed by atoms with van der Waals surface area (Å²) in [7, 11) is 0. The molecular formula is C28H29ClN4O4. The zero-order valence-corrected chi connectivity index (χ0v) is 21.0. The Labute approximate surface area is 220 Å². The lowest BCUT2D eigenvalue weighted by Crippen LogP contribution is -2.46. The van der Waals surface area contributed by atoms with Gasteiger partial charge in [0.2, 0.25) is 11.8 Å². The molecule has 2 heterocycles. The molecule has 0 bridgehead atoms. The largest absolute Gasteiger partial charge is 0.478 e. The van der Waals surface area contributed by atoms with E-state index in [1.54, 1.807) is 47.5 Å². The van der Waals surface area contributed by atoms with Crippen LogP contribution in [0.25, 0.3) is 0 Å². The molecule has 192 valence electrons. The van der Waals surface area contributed by atoms with Crippen LogP contribution in [0, 0.1) is 0 Å². The van der Waals surface area contributed by atoms with Crippen molar-refractivity contribution in [3.8, 4) is 0 Å². The van der Waals surface area contributed by atoms with Crippen molar-refractivity contribution in [3.05, 3.63) is 99.8 Å². The number of benzene rings is 2. The van der Waals surface area contributed by atoms with Crippen LogP contribution in [0.5, 0.6) is 0 Å². The molecule has 0 aliphatic carbocycles. The highest BCUT2D eigenvalue weighted by molar-refractivity contribution is 6.30. The van der Waals surface area contributed by atoms with Crippen molar-refractivity contribution in [3.63, 3.8) is 0 Å². The van der Waals surface area contributed by atoms with Gasteiger partial charge in [-0.25, -0.2) is 4.79 Å². The number of nitrogens with two attached hydrogens (primary N) is 1. The number of rotatable bonds is 9. The highest BCUT2D eigenvalue weighted by Crippen LogP contribution is 2.30. The molecule has 2 aromatic carbocycles. The molecule has 4 N–H and O–H groups in total. The fourth-order valence-corrected chi connectivity index (χ4v) is 4.95. The maximum absolute atomic E-state index is 13.5. The van der Waals surface area contributed by atoms with Crippen LogP contribution in [0.4, 0.5) is 0 Å². The molecule has 1 fully saturated rings. The van der Waals surface area contributed by atoms with Crippen molar-refractivity contribution in [1.29, 1.82) is 0 Å². The van der Waals surface area contributed by atoms with E-state index in [1.165, 1.54) is 6.07 Å². The molecule has 1 unspecified atom stereocenters. The molecule has 4 rings (SSSR count). The number of pyridine rings is 1. The van der Waals surface area contributed by atoms with Gasteiger partial charge in [-0.15, -0.1) is 0 Å². The summed E-state index contributed by atoms with van der Waals surface area (Å²) in [5.74, 6) is -1.90. The molecule has 0 spiro atoms. The van der Waals surface area contributed by atoms with Gasteiger partial charge in [-0.3, -0.25) is 14.6 Å². The van der Waals surface area contributed by atoms with Gasteiger partial charge in [0.25, 0.3) is 0 Å². The Morgan fingerprint density at radius 2 is 1.95 bits per heavy atom. The van der Waals surface area contributed by atoms with Crippen LogP contribution in [-0.4, -0.2) is 45.4 Å². The summed E-state index contributed by atoms with van der Waals surface area (Å²) < 4.78 is 0. The van der Waals surface area contributed by atoms with Crippen molar-refractivity contribution in [2.75, 3.05) is 6.54 Å². The van der Waals surface area contributed by atoms with E-state index in [0.29, 0.717) is 35.8 Å². The second-order valence-electron chi connectivity index (χ2n) is 9.02. The van der Waals surface area contributed by atoms with Crippen LogP contribution in [0.15, 0.2) is 66.9 Å². The molecule has 37 heavy (non-hydrogen) atoms. The van der Waals surface area contributed by atoms with Gasteiger partial charge in [-0.1, -0.05) is 35.9 Å². The first kappa shape index (κ1) is 26.3. The van der Waals surface area contributed by atoms with E-state index in [0.717, 1.165) is 17.5 Å². The number of aromatic nitrogens is 1. The summed E-state index contributed by atoms with van der Waals surface area (Å²) in [6.07, 6.45) is 3.00. The third-order valence-corrected chi connectivity index (χ3v) is 6.91. The molecule has 1 aliphatic rings. The minimum Gasteiger partial charge on any atom is -0.478 e. The monoisotopic (exact) mass is 520 g/mol. The summed E-state index contributed by atoms with van der Waals surface area (Å²) in [4.78, 5) is 44.2. The Morgan fingerprint density at radius 3 is 2.68 bits per heavy atom. The lowest BCUT2D eigenvalue weighted by Gasteiger charge is -2.26. The smallest absolute Gasteiger partial charge is 0.335 e. The van der Waals surface area contributed by atoms with Crippen LogP contribution in [0.3, 0.4) is 0 Å². The van der Waals surface area contributed by atoms with E-state index in [2.05, 4.69) is 10.3 Å². The number of carbonyl (C=O) groups excluding carboxylic acids is 2. The first-order chi connectivity index (χ1) is 17.9. The topological polar surface area (TPSA) is 126 Å². The first-order valence-electron chi connectivity index (χ1n) is 12.2. The number of aromatic carboxylic acids is 1. The number of hydrogen-bond acceptors (Lipinski definition) is 5. The predicted octanol–water partition coefficient (Wildman–Crippen LogP) is 3.72. The summed E-state index contributed by atoms with van der Waals surface area (Å²) in [5, 5.41) is 12.9. The third kappa shape index (κ3) is 6.34. The zero-order chi connectivity index (χ0) is 26.4. The van der Waals surface area contributed by atoms with Crippen molar-refractivity contribution >= 4 is 29.4 Å². The van der Waals surface area contributed by atoms with E-state index < -0.39 is 17.9 Å². The second kappa shape index (κ2) is 12.0. The minimum atomic E-state index is -1.04. The van der Waals surface area contributed by atoms with Crippen LogP contribution in [-0.2, 0) is 22.7 Å². The molecular weight excluding hydrogens is 492 g/mol. The highest BCUT2D eigenvalue weighted by atomic mass is 35.5. The molecule has 1 aromatic heterocycles. The van der Waals surface area contributed by atoms with Crippen molar-refractivity contribution in [2.24, 2.45) is 5.73 Å². The van der Waals surface area contributed by atoms with Crippen LogP contribution in [0.2, 0.25) is 5.02 Å². The van der Waals surface area contributed by atoms with Crippen LogP contribution >= 0.6 is 11.6 Å². The fourth-order valence-electron chi connectivity index (χ4n) is 4.75. The van der Waals surface area contributed by atoms with Gasteiger partial charge in [-0.05, 0) is 65.9 Å². The van der Waals surface area contributed by atoms with Gasteiger partial charge in [-0.2, -0.15) is 0 Å². The summed E-state index contributed by atoms with van der Waals surface area (Å²) in [5.41, 5.74) is 9.03. The lowest BCUT2D eigenvalue weighted by molar-refractivity contribution is -0.138. The number of nitrogens with zero attached hydrogens (tertiary/aromatic N) is 2. The fraction of sp³-hybridized carbons (Fsp3) is 0.286. The van der Waals surface area contributed by atoms with Gasteiger partial charge in [0, 0.05) is 48.9 Å². The Balaban J connectivity index is 1.50. The zero-order valence-electron chi connectivity index (χ0n) is 20.3. The molecule has 9 heteroatoms. The van der Waals surface area contributed by atoms with Gasteiger partial charge in [0.1, 0.15) is 6.04 Å². The van der Waals surface area contributed by atoms with Crippen molar-refractivity contribution in [1.82, 2.24) is 15.2 Å². The molecule has 1 aliphatic heterocycles. The summed E-state index contributed by atoms with van der Waals surface area (Å²) >= 11 is 6.11. The number of carboxylic acid groups (broad SMARTS) is 1. The SMILES string of the molecule is NCc1ccc(Cl)cc1CNC(=O)C1CCCN1C(=O)C[C@H](c1cccc(C(=O)O)c1)c1ccccn1. The molecule has 3 aromatic rings. The van der Waals surface area contributed by atoms with Crippen LogP contribution in [0.1, 0.15) is 57.9 Å². The Morgan fingerprint density at radius 1 is 1.11 bits per heavy atom. The number of nitrogens with one attached hydrogen (secondary N) is 1. The number of hydrogen-bond donors (Lipinski definition) is 3. The number of carboxylic acids is 1. The van der Waals surface area contributed by atoms with Gasteiger partial charge in [0.15, 0.2) is 0 Å². The standard InChI is InChI=1S/C28H29ClN4O4/c29-22-10-9-20(16-30)21(14-22)17-32-27(35)25-8-4-12-33(25)26(34)15-23(24-7-1-2-11-31-24)18-5-3-6-19(13-18)28(36)37/h1-3,5-7,9-11,13-14,23,25H,4,8,12,15-17,30H2,(H,32,35)(H,36,37)/t23-,25?/m1/s1. The second-order valence-corrected chi connectivity index (χ2v) is 9.46. The van der Waals surface area contributed by atoms with E-state index in [-0.39, 0.29) is 30.3 Å². The Kier molecular flexibility index (Phi) is 8.53. The van der Waals surface area contributed by atoms with E-state index in [1.807, 2.05) is 18.2 Å². The molecule has 0 saturated carbocycles. The number of carbonyl (C=O) groups is 3. The number of likely N-dealkylation sites (tertiary alicyclic amines) is 1. The molecule has 2 amide bonds. The van der Waals surface area contributed by atoms with Crippen molar-refractivity contribution in [2.45, 2.75) is 44.3 Å². The average Bonchev–Trinajstić information content (AvgIpc) is 3.41. The molecule has 2 atom stereocenters. The van der Waals surface area contributed by atoms with Gasteiger partial charge < -0.3 is 21.1 Å². The van der Waals surface area contributed by atoms with Crippen LogP contribution < -0.4 is 11.1 Å². The predicted molar refractivity (Wildman–Crippen MR) is 140 cm³/mol. The lowest BCUT2D eigenvalue weighted by atomic mass is 9.90. The number of halogens is 1. The molecule has 8 nitrogen and oxygen atoms in total.